The normalized spacial score (nSPS) is 43.3. The minimum Gasteiger partial charge on any atom is -0.455 e. The van der Waals surface area contributed by atoms with Crippen LogP contribution in [0, 0.1) is 30.6 Å². The van der Waals surface area contributed by atoms with Crippen molar-refractivity contribution in [2.75, 3.05) is 37.6 Å². The number of anilines is 1. The van der Waals surface area contributed by atoms with Crippen molar-refractivity contribution < 1.29 is 14.3 Å². The number of piperazine rings is 1. The van der Waals surface area contributed by atoms with Gasteiger partial charge in [-0.15, -0.1) is 0 Å². The molecule has 3 saturated heterocycles. The van der Waals surface area contributed by atoms with Gasteiger partial charge in [0.2, 0.25) is 0 Å². The van der Waals surface area contributed by atoms with Crippen LogP contribution >= 0.6 is 11.6 Å². The maximum Gasteiger partial charge on any atom is 0.311 e. The Morgan fingerprint density at radius 2 is 1.91 bits per heavy atom. The Kier molecular flexibility index (Phi) is 4.88. The van der Waals surface area contributed by atoms with Crippen LogP contribution in [0.4, 0.5) is 5.69 Å². The van der Waals surface area contributed by atoms with E-state index in [0.29, 0.717) is 17.8 Å². The number of carbonyl (C=O) groups is 1. The maximum absolute atomic E-state index is 13.3. The van der Waals surface area contributed by atoms with Crippen molar-refractivity contribution in [3.8, 4) is 0 Å². The number of fused-ring (bicyclic) bond motifs is 1. The Balaban J connectivity index is 1.17. The van der Waals surface area contributed by atoms with Gasteiger partial charge in [-0.3, -0.25) is 9.69 Å². The van der Waals surface area contributed by atoms with E-state index in [1.165, 1.54) is 17.7 Å². The fourth-order valence-corrected chi connectivity index (χ4v) is 7.80. The van der Waals surface area contributed by atoms with E-state index >= 15 is 0 Å². The van der Waals surface area contributed by atoms with Crippen LogP contribution in [0.1, 0.15) is 45.1 Å². The average Bonchev–Trinajstić information content (AvgIpc) is 3.40. The highest BCUT2D eigenvalue weighted by atomic mass is 35.5. The van der Waals surface area contributed by atoms with Crippen LogP contribution in [0.15, 0.2) is 18.2 Å². The predicted octanol–water partition coefficient (Wildman–Crippen LogP) is 4.30. The molecule has 6 rings (SSSR count). The topological polar surface area (TPSA) is 45.3 Å². The second-order valence-electron chi connectivity index (χ2n) is 11.2. The molecule has 0 radical (unpaired) electrons. The lowest BCUT2D eigenvalue weighted by Gasteiger charge is -2.50. The van der Waals surface area contributed by atoms with Crippen LogP contribution in [0.2, 0.25) is 5.02 Å². The molecule has 0 aromatic heterocycles. The second-order valence-corrected chi connectivity index (χ2v) is 11.7. The summed E-state index contributed by atoms with van der Waals surface area (Å²) in [6, 6.07) is 6.12. The number of carbonyl (C=O) groups excluding carboxylic acids is 1. The third-order valence-electron chi connectivity index (χ3n) is 9.43. The minimum absolute atomic E-state index is 0.0176. The SMILES string of the molecule is Cc1ccc(Cl)cc1N1CCN(C[C@@H]2C(=O)O[C@@]34[C@@H](CC[C@@]5(C)O[C@@H]35)[C@H](C)CC[C@@H]24)CC1. The minimum atomic E-state index is -0.369. The Hall–Kier alpha value is -1.30. The van der Waals surface area contributed by atoms with Crippen LogP contribution in [0.3, 0.4) is 0 Å². The average molecular weight is 459 g/mol. The predicted molar refractivity (Wildman–Crippen MR) is 125 cm³/mol. The van der Waals surface area contributed by atoms with Gasteiger partial charge >= 0.3 is 5.97 Å². The maximum atomic E-state index is 13.3. The van der Waals surface area contributed by atoms with Crippen LogP contribution in [0.25, 0.3) is 0 Å². The second kappa shape index (κ2) is 7.35. The molecule has 3 heterocycles. The van der Waals surface area contributed by atoms with E-state index in [4.69, 9.17) is 21.1 Å². The molecule has 2 saturated carbocycles. The van der Waals surface area contributed by atoms with E-state index in [2.05, 4.69) is 42.7 Å². The van der Waals surface area contributed by atoms with Gasteiger partial charge in [0, 0.05) is 55.3 Å². The molecule has 1 aromatic rings. The summed E-state index contributed by atoms with van der Waals surface area (Å²) in [5.74, 6) is 1.38. The van der Waals surface area contributed by atoms with Crippen molar-refractivity contribution in [3.05, 3.63) is 28.8 Å². The Morgan fingerprint density at radius 1 is 1.12 bits per heavy atom. The van der Waals surface area contributed by atoms with Crippen molar-refractivity contribution in [3.63, 3.8) is 0 Å². The van der Waals surface area contributed by atoms with E-state index in [0.717, 1.165) is 57.0 Å². The largest absolute Gasteiger partial charge is 0.455 e. The molecular weight excluding hydrogens is 424 g/mol. The molecule has 5 nitrogen and oxygen atoms in total. The first-order valence-corrected chi connectivity index (χ1v) is 12.8. The molecule has 1 spiro atoms. The summed E-state index contributed by atoms with van der Waals surface area (Å²) in [6.45, 7) is 11.4. The van der Waals surface area contributed by atoms with Gasteiger partial charge in [0.15, 0.2) is 0 Å². The number of halogens is 1. The molecule has 2 aliphatic carbocycles. The quantitative estimate of drug-likeness (QED) is 0.499. The van der Waals surface area contributed by atoms with E-state index in [-0.39, 0.29) is 29.2 Å². The molecule has 0 bridgehead atoms. The molecule has 32 heavy (non-hydrogen) atoms. The molecule has 6 heteroatoms. The van der Waals surface area contributed by atoms with Crippen LogP contribution in [-0.2, 0) is 14.3 Å². The molecule has 0 N–H and O–H groups in total. The number of ether oxygens (including phenoxy) is 2. The van der Waals surface area contributed by atoms with E-state index in [1.807, 2.05) is 6.07 Å². The summed E-state index contributed by atoms with van der Waals surface area (Å²) in [6.07, 6.45) is 4.63. The van der Waals surface area contributed by atoms with Gasteiger partial charge in [-0.1, -0.05) is 24.6 Å². The van der Waals surface area contributed by atoms with Gasteiger partial charge in [0.05, 0.1) is 11.5 Å². The number of epoxide rings is 1. The van der Waals surface area contributed by atoms with E-state index in [9.17, 15) is 4.79 Å². The van der Waals surface area contributed by atoms with Gasteiger partial charge in [0.25, 0.3) is 0 Å². The van der Waals surface area contributed by atoms with Gasteiger partial charge < -0.3 is 14.4 Å². The first kappa shape index (κ1) is 21.2. The highest BCUT2D eigenvalue weighted by Gasteiger charge is 2.77. The van der Waals surface area contributed by atoms with Crippen LogP contribution < -0.4 is 4.90 Å². The van der Waals surface area contributed by atoms with Crippen molar-refractivity contribution >= 4 is 23.3 Å². The monoisotopic (exact) mass is 458 g/mol. The molecule has 7 atom stereocenters. The van der Waals surface area contributed by atoms with Crippen molar-refractivity contribution in [1.29, 1.82) is 0 Å². The fraction of sp³-hybridized carbons (Fsp3) is 0.731. The third-order valence-corrected chi connectivity index (χ3v) is 9.66. The third kappa shape index (κ3) is 3.07. The van der Waals surface area contributed by atoms with Gasteiger partial charge in [0.1, 0.15) is 11.7 Å². The standard InChI is InChI=1S/C26H35ClN2O3/c1-16-5-7-21-19(23(30)31-26(21)20(16)8-9-25(3)24(26)32-25)15-28-10-12-29(13-11-28)22-14-18(27)6-4-17(22)2/h4,6,14,16,19-21,24H,5,7-13,15H2,1-3H3/t16-,19+,20+,21+,24-,25-,26-/m1/s1. The highest BCUT2D eigenvalue weighted by molar-refractivity contribution is 6.30. The van der Waals surface area contributed by atoms with Crippen molar-refractivity contribution in [2.24, 2.45) is 23.7 Å². The number of benzene rings is 1. The van der Waals surface area contributed by atoms with Crippen LogP contribution in [-0.4, -0.2) is 60.9 Å². The number of rotatable bonds is 3. The van der Waals surface area contributed by atoms with Gasteiger partial charge in [-0.25, -0.2) is 0 Å². The lowest BCUT2D eigenvalue weighted by atomic mass is 9.55. The molecule has 3 aliphatic heterocycles. The lowest BCUT2D eigenvalue weighted by molar-refractivity contribution is -0.168. The number of hydrogen-bond donors (Lipinski definition) is 0. The van der Waals surface area contributed by atoms with Crippen LogP contribution in [0.5, 0.6) is 0 Å². The van der Waals surface area contributed by atoms with Crippen molar-refractivity contribution in [2.45, 2.75) is 63.8 Å². The molecule has 1 aromatic carbocycles. The zero-order valence-corrected chi connectivity index (χ0v) is 20.2. The zero-order chi connectivity index (χ0) is 22.3. The molecule has 174 valence electrons. The van der Waals surface area contributed by atoms with E-state index < -0.39 is 0 Å². The molecule has 5 aliphatic rings. The van der Waals surface area contributed by atoms with Gasteiger partial charge in [-0.2, -0.15) is 0 Å². The summed E-state index contributed by atoms with van der Waals surface area (Å²) >= 11 is 6.25. The molecule has 5 fully saturated rings. The van der Waals surface area contributed by atoms with E-state index in [1.54, 1.807) is 0 Å². The lowest BCUT2D eigenvalue weighted by Crippen LogP contribution is -2.58. The highest BCUT2D eigenvalue weighted by Crippen LogP contribution is 2.66. The smallest absolute Gasteiger partial charge is 0.311 e. The fourth-order valence-electron chi connectivity index (χ4n) is 7.63. The summed E-state index contributed by atoms with van der Waals surface area (Å²) in [4.78, 5) is 18.2. The number of nitrogens with zero attached hydrogens (tertiary/aromatic N) is 2. The summed E-state index contributed by atoms with van der Waals surface area (Å²) < 4.78 is 12.7. The summed E-state index contributed by atoms with van der Waals surface area (Å²) in [7, 11) is 0. The Labute approximate surface area is 196 Å². The Morgan fingerprint density at radius 3 is 2.69 bits per heavy atom. The Bertz CT molecular complexity index is 932. The zero-order valence-electron chi connectivity index (χ0n) is 19.5. The molecule has 0 unspecified atom stereocenters. The van der Waals surface area contributed by atoms with Gasteiger partial charge in [-0.05, 0) is 63.1 Å². The number of hydrogen-bond acceptors (Lipinski definition) is 5. The number of esters is 1. The summed E-state index contributed by atoms with van der Waals surface area (Å²) in [5.41, 5.74) is 2.05. The first-order valence-electron chi connectivity index (χ1n) is 12.5. The number of aryl methyl sites for hydroxylation is 1. The van der Waals surface area contributed by atoms with Crippen molar-refractivity contribution in [1.82, 2.24) is 4.90 Å². The molecular formula is C26H35ClN2O3. The summed E-state index contributed by atoms with van der Waals surface area (Å²) in [5, 5.41) is 0.787. The first-order chi connectivity index (χ1) is 15.3. The molecule has 0 amide bonds.